The summed E-state index contributed by atoms with van der Waals surface area (Å²) in [7, 11) is 0. The number of imidazole rings is 1. The molecule has 0 atom stereocenters. The first-order chi connectivity index (χ1) is 17.3. The summed E-state index contributed by atoms with van der Waals surface area (Å²) in [5.41, 5.74) is 6.04. The zero-order valence-corrected chi connectivity index (χ0v) is 19.3. The van der Waals surface area contributed by atoms with E-state index in [9.17, 15) is 0 Å². The van der Waals surface area contributed by atoms with Crippen LogP contribution in [0.3, 0.4) is 0 Å². The number of hydrogen-bond acceptors (Lipinski definition) is 3. The van der Waals surface area contributed by atoms with E-state index in [1.807, 2.05) is 23.5 Å². The predicted octanol–water partition coefficient (Wildman–Crippen LogP) is 9.06. The average Bonchev–Trinajstić information content (AvgIpc) is 3.57. The number of pyridine rings is 1. The molecule has 4 heteroatoms. The van der Waals surface area contributed by atoms with E-state index in [1.54, 1.807) is 0 Å². The molecule has 4 aromatic heterocycles. The molecule has 0 bridgehead atoms. The van der Waals surface area contributed by atoms with Crippen LogP contribution >= 0.6 is 11.3 Å². The fourth-order valence-corrected chi connectivity index (χ4v) is 6.92. The average molecular weight is 465 g/mol. The molecule has 0 saturated carbocycles. The summed E-state index contributed by atoms with van der Waals surface area (Å²) in [6, 6.07) is 34.6. The normalized spacial score (nSPS) is 12.6. The van der Waals surface area contributed by atoms with Crippen molar-refractivity contribution in [2.75, 3.05) is 0 Å². The molecule has 0 fully saturated rings. The van der Waals surface area contributed by atoms with Crippen molar-refractivity contribution in [1.29, 1.82) is 0 Å². The SMILES string of the molecule is c1ccc2c(c1)nc1c3cc4c(cc3c3cc5c(cc3n21)oc1ccccc15)sc1ccccc14. The van der Waals surface area contributed by atoms with Crippen molar-refractivity contribution in [3.05, 3.63) is 97.1 Å². The second-order valence-electron chi connectivity index (χ2n) is 9.22. The second kappa shape index (κ2) is 6.17. The minimum Gasteiger partial charge on any atom is -0.456 e. The highest BCUT2D eigenvalue weighted by Gasteiger charge is 2.18. The third-order valence-corrected chi connectivity index (χ3v) is 8.48. The first kappa shape index (κ1) is 18.0. The van der Waals surface area contributed by atoms with Crippen molar-refractivity contribution in [1.82, 2.24) is 9.38 Å². The van der Waals surface area contributed by atoms with E-state index < -0.39 is 0 Å². The van der Waals surface area contributed by atoms with Gasteiger partial charge in [-0.1, -0.05) is 48.5 Å². The van der Waals surface area contributed by atoms with Gasteiger partial charge < -0.3 is 4.42 Å². The fourth-order valence-electron chi connectivity index (χ4n) is 5.79. The Morgan fingerprint density at radius 1 is 0.543 bits per heavy atom. The smallest absolute Gasteiger partial charge is 0.146 e. The van der Waals surface area contributed by atoms with Gasteiger partial charge in [-0.15, -0.1) is 11.3 Å². The Hall–Kier alpha value is -4.41. The van der Waals surface area contributed by atoms with Crippen LogP contribution in [-0.4, -0.2) is 9.38 Å². The van der Waals surface area contributed by atoms with Gasteiger partial charge >= 0.3 is 0 Å². The van der Waals surface area contributed by atoms with Crippen LogP contribution in [0.15, 0.2) is 101 Å². The molecule has 5 aromatic carbocycles. The predicted molar refractivity (Wildman–Crippen MR) is 148 cm³/mol. The van der Waals surface area contributed by atoms with Crippen LogP contribution in [0.1, 0.15) is 0 Å². The van der Waals surface area contributed by atoms with Crippen LogP contribution in [0, 0.1) is 0 Å². The number of nitrogens with zero attached hydrogens (tertiary/aromatic N) is 2. The van der Waals surface area contributed by atoms with Crippen molar-refractivity contribution in [2.45, 2.75) is 0 Å². The molecule has 9 rings (SSSR count). The number of benzene rings is 5. The van der Waals surface area contributed by atoms with E-state index in [0.717, 1.165) is 44.1 Å². The van der Waals surface area contributed by atoms with Gasteiger partial charge in [-0.25, -0.2) is 4.98 Å². The Kier molecular flexibility index (Phi) is 3.17. The third kappa shape index (κ3) is 2.23. The third-order valence-electron chi connectivity index (χ3n) is 7.34. The summed E-state index contributed by atoms with van der Waals surface area (Å²) in [4.78, 5) is 5.12. The Labute approximate surface area is 202 Å². The number of thiophene rings is 1. The number of rotatable bonds is 0. The quantitative estimate of drug-likeness (QED) is 0.210. The van der Waals surface area contributed by atoms with Gasteiger partial charge in [0.25, 0.3) is 0 Å². The summed E-state index contributed by atoms with van der Waals surface area (Å²) < 4.78 is 11.2. The zero-order valence-electron chi connectivity index (χ0n) is 18.4. The minimum absolute atomic E-state index is 0.903. The van der Waals surface area contributed by atoms with Gasteiger partial charge in [0.1, 0.15) is 16.8 Å². The van der Waals surface area contributed by atoms with Gasteiger partial charge in [-0.3, -0.25) is 4.40 Å². The lowest BCUT2D eigenvalue weighted by atomic mass is 10.0. The highest BCUT2D eigenvalue weighted by atomic mass is 32.1. The Bertz CT molecular complexity index is 2330. The van der Waals surface area contributed by atoms with Gasteiger partial charge in [-0.05, 0) is 47.9 Å². The fraction of sp³-hybridized carbons (Fsp3) is 0. The monoisotopic (exact) mass is 464 g/mol. The van der Waals surface area contributed by atoms with Gasteiger partial charge in [0, 0.05) is 47.8 Å². The van der Waals surface area contributed by atoms with Crippen LogP contribution in [0.2, 0.25) is 0 Å². The molecule has 4 heterocycles. The van der Waals surface area contributed by atoms with Crippen LogP contribution < -0.4 is 0 Å². The largest absolute Gasteiger partial charge is 0.456 e. The van der Waals surface area contributed by atoms with E-state index >= 15 is 0 Å². The van der Waals surface area contributed by atoms with E-state index in [0.29, 0.717) is 0 Å². The molecule has 0 amide bonds. The zero-order chi connectivity index (χ0) is 22.7. The number of para-hydroxylation sites is 3. The lowest BCUT2D eigenvalue weighted by Crippen LogP contribution is -1.91. The molecular weight excluding hydrogens is 448 g/mol. The number of fused-ring (bicyclic) bond motifs is 14. The van der Waals surface area contributed by atoms with Crippen LogP contribution in [0.25, 0.3) is 80.5 Å². The summed E-state index contributed by atoms with van der Waals surface area (Å²) >= 11 is 1.86. The van der Waals surface area contributed by atoms with Crippen LogP contribution in [-0.2, 0) is 0 Å². The Balaban J connectivity index is 1.60. The van der Waals surface area contributed by atoms with Gasteiger partial charge in [0.05, 0.1) is 16.6 Å². The molecule has 0 N–H and O–H groups in total. The van der Waals surface area contributed by atoms with Crippen molar-refractivity contribution < 1.29 is 4.42 Å². The molecule has 9 aromatic rings. The van der Waals surface area contributed by atoms with Gasteiger partial charge in [0.15, 0.2) is 0 Å². The van der Waals surface area contributed by atoms with E-state index in [2.05, 4.69) is 89.3 Å². The highest BCUT2D eigenvalue weighted by molar-refractivity contribution is 7.25. The second-order valence-corrected chi connectivity index (χ2v) is 10.3. The lowest BCUT2D eigenvalue weighted by molar-refractivity contribution is 0.669. The first-order valence-corrected chi connectivity index (χ1v) is 12.5. The molecule has 162 valence electrons. The maximum Gasteiger partial charge on any atom is 0.146 e. The standard InChI is InChI=1S/C31H16N2OS/c1-5-11-27-17(7-1)21-13-20-19-15-30-22(18-8-2-6-12-29(18)35-30)14-23(19)31-32-24-9-3-4-10-25(24)33(31)26(20)16-28(21)34-27/h1-16H. The topological polar surface area (TPSA) is 30.4 Å². The van der Waals surface area contributed by atoms with Gasteiger partial charge in [0.2, 0.25) is 0 Å². The maximum atomic E-state index is 6.29. The molecule has 0 saturated heterocycles. The Morgan fingerprint density at radius 3 is 2.31 bits per heavy atom. The van der Waals surface area contributed by atoms with Crippen molar-refractivity contribution in [3.8, 4) is 0 Å². The van der Waals surface area contributed by atoms with Crippen LogP contribution in [0.5, 0.6) is 0 Å². The molecule has 0 radical (unpaired) electrons. The molecule has 0 aliphatic carbocycles. The maximum absolute atomic E-state index is 6.29. The van der Waals surface area contributed by atoms with Crippen LogP contribution in [0.4, 0.5) is 0 Å². The van der Waals surface area contributed by atoms with Crippen molar-refractivity contribution in [3.63, 3.8) is 0 Å². The number of hydrogen-bond donors (Lipinski definition) is 0. The molecule has 35 heavy (non-hydrogen) atoms. The van der Waals surface area contributed by atoms with Crippen molar-refractivity contribution >= 4 is 91.8 Å². The number of aromatic nitrogens is 2. The number of furan rings is 1. The minimum atomic E-state index is 0.903. The first-order valence-electron chi connectivity index (χ1n) is 11.7. The molecule has 0 spiro atoms. The summed E-state index contributed by atoms with van der Waals surface area (Å²) in [5.74, 6) is 0. The van der Waals surface area contributed by atoms with E-state index in [4.69, 9.17) is 9.40 Å². The molecule has 0 aliphatic rings. The summed E-state index contributed by atoms with van der Waals surface area (Å²) in [6.45, 7) is 0. The lowest BCUT2D eigenvalue weighted by Gasteiger charge is -2.10. The van der Waals surface area contributed by atoms with E-state index in [1.165, 1.54) is 36.3 Å². The summed E-state index contributed by atoms with van der Waals surface area (Å²) in [5, 5.41) is 8.52. The van der Waals surface area contributed by atoms with E-state index in [-0.39, 0.29) is 0 Å². The highest BCUT2D eigenvalue weighted by Crippen LogP contribution is 2.42. The molecule has 3 nitrogen and oxygen atoms in total. The summed E-state index contributed by atoms with van der Waals surface area (Å²) in [6.07, 6.45) is 0. The Morgan fingerprint density at radius 2 is 1.34 bits per heavy atom. The van der Waals surface area contributed by atoms with Gasteiger partial charge in [-0.2, -0.15) is 0 Å². The molecular formula is C31H16N2OS. The van der Waals surface area contributed by atoms with Crippen molar-refractivity contribution in [2.24, 2.45) is 0 Å². The molecule has 0 unspecified atom stereocenters. The molecule has 0 aliphatic heterocycles.